The van der Waals surface area contributed by atoms with Crippen molar-refractivity contribution in [1.82, 2.24) is 4.98 Å². The molecule has 20 heavy (non-hydrogen) atoms. The van der Waals surface area contributed by atoms with E-state index in [4.69, 9.17) is 9.47 Å². The summed E-state index contributed by atoms with van der Waals surface area (Å²) in [6.07, 6.45) is 1.61. The lowest BCUT2D eigenvalue weighted by Gasteiger charge is -2.37. The van der Waals surface area contributed by atoms with Crippen molar-refractivity contribution in [3.63, 3.8) is 0 Å². The van der Waals surface area contributed by atoms with Gasteiger partial charge in [0.15, 0.2) is 0 Å². The van der Waals surface area contributed by atoms with Gasteiger partial charge in [0.2, 0.25) is 0 Å². The lowest BCUT2D eigenvalue weighted by Crippen LogP contribution is -2.41. The topological polar surface area (TPSA) is 51.3 Å². The largest absolute Gasteiger partial charge is 0.465 e. The molecule has 4 rings (SSSR count). The molecule has 4 heteroatoms. The molecule has 1 fully saturated rings. The van der Waals surface area contributed by atoms with Crippen molar-refractivity contribution < 1.29 is 14.3 Å². The highest BCUT2D eigenvalue weighted by Gasteiger charge is 2.49. The lowest BCUT2D eigenvalue weighted by atomic mass is 9.81. The first-order valence-corrected chi connectivity index (χ1v) is 7.11. The quantitative estimate of drug-likeness (QED) is 0.811. The first kappa shape index (κ1) is 12.0. The summed E-state index contributed by atoms with van der Waals surface area (Å²) in [5.41, 5.74) is 2.85. The predicted octanol–water partition coefficient (Wildman–Crippen LogP) is 2.52. The Morgan fingerprint density at radius 1 is 1.30 bits per heavy atom. The van der Waals surface area contributed by atoms with Gasteiger partial charge in [-0.2, -0.15) is 0 Å². The molecule has 2 aliphatic rings. The first-order chi connectivity index (χ1) is 9.70. The molecule has 1 aromatic heterocycles. The van der Waals surface area contributed by atoms with E-state index >= 15 is 0 Å². The second-order valence-corrected chi connectivity index (χ2v) is 5.74. The molecule has 2 atom stereocenters. The molecule has 1 N–H and O–H groups in total. The van der Waals surface area contributed by atoms with Crippen molar-refractivity contribution in [2.75, 3.05) is 13.2 Å². The van der Waals surface area contributed by atoms with E-state index in [0.717, 1.165) is 24.1 Å². The van der Waals surface area contributed by atoms with Gasteiger partial charge >= 0.3 is 5.97 Å². The number of fused-ring (bicyclic) bond motifs is 3. The van der Waals surface area contributed by atoms with Gasteiger partial charge in [-0.3, -0.25) is 4.79 Å². The summed E-state index contributed by atoms with van der Waals surface area (Å²) >= 11 is 0. The molecule has 4 nitrogen and oxygen atoms in total. The summed E-state index contributed by atoms with van der Waals surface area (Å²) in [7, 11) is 0. The van der Waals surface area contributed by atoms with Gasteiger partial charge in [-0.1, -0.05) is 18.2 Å². The van der Waals surface area contributed by atoms with Crippen LogP contribution in [0.15, 0.2) is 24.3 Å². The molecule has 104 valence electrons. The minimum absolute atomic E-state index is 0.140. The molecule has 3 heterocycles. The minimum Gasteiger partial charge on any atom is -0.465 e. The average molecular weight is 271 g/mol. The van der Waals surface area contributed by atoms with Gasteiger partial charge in [0, 0.05) is 10.9 Å². The normalized spacial score (nSPS) is 29.4. The number of carbonyl (C=O) groups excluding carboxylic acids is 1. The van der Waals surface area contributed by atoms with Crippen molar-refractivity contribution in [3.05, 3.63) is 35.5 Å². The smallest absolute Gasteiger partial charge is 0.312 e. The molecule has 0 amide bonds. The van der Waals surface area contributed by atoms with Crippen molar-refractivity contribution in [1.29, 1.82) is 0 Å². The lowest BCUT2D eigenvalue weighted by molar-refractivity contribution is -0.154. The van der Waals surface area contributed by atoms with Crippen LogP contribution in [0, 0.1) is 5.92 Å². The number of cyclic esters (lactones) is 1. The molecular formula is C16H17NO3. The van der Waals surface area contributed by atoms with Crippen LogP contribution in [0.2, 0.25) is 0 Å². The number of benzene rings is 1. The molecule has 2 aromatic rings. The molecule has 1 aromatic carbocycles. The molecule has 0 spiro atoms. The Kier molecular flexibility index (Phi) is 2.45. The zero-order valence-electron chi connectivity index (χ0n) is 11.4. The second kappa shape index (κ2) is 4.09. The van der Waals surface area contributed by atoms with E-state index in [1.54, 1.807) is 0 Å². The van der Waals surface area contributed by atoms with Crippen LogP contribution in [0.4, 0.5) is 0 Å². The standard InChI is InChI=1S/C16H17NO3/c1-16(12-7-8-19-15(12)18)14-11(6-9-20-16)10-4-2-3-5-13(10)17-14/h2-5,12,17H,6-9H2,1H3/t12-,16+/m1/s1. The number of H-pyrrole nitrogens is 1. The number of rotatable bonds is 1. The summed E-state index contributed by atoms with van der Waals surface area (Å²) in [4.78, 5) is 15.5. The number of carbonyl (C=O) groups is 1. The molecule has 0 radical (unpaired) electrons. The van der Waals surface area contributed by atoms with Crippen molar-refractivity contribution in [2.24, 2.45) is 5.92 Å². The van der Waals surface area contributed by atoms with Crippen LogP contribution in [0.3, 0.4) is 0 Å². The molecule has 1 saturated heterocycles. The van der Waals surface area contributed by atoms with Gasteiger partial charge in [-0.15, -0.1) is 0 Å². The number of nitrogens with one attached hydrogen (secondary N) is 1. The molecule has 0 aliphatic carbocycles. The third kappa shape index (κ3) is 1.48. The summed E-state index contributed by atoms with van der Waals surface area (Å²) in [5, 5.41) is 1.24. The first-order valence-electron chi connectivity index (χ1n) is 7.11. The molecule has 0 saturated carbocycles. The van der Waals surface area contributed by atoms with E-state index in [1.807, 2.05) is 19.1 Å². The van der Waals surface area contributed by atoms with Gasteiger partial charge in [0.1, 0.15) is 5.60 Å². The number of aromatic nitrogens is 1. The zero-order valence-corrected chi connectivity index (χ0v) is 11.4. The SMILES string of the molecule is C[C@@]1([C@@H]2CCOC2=O)OCCc2c1[nH]c1ccccc21. The van der Waals surface area contributed by atoms with Crippen LogP contribution < -0.4 is 0 Å². The number of para-hydroxylation sites is 1. The van der Waals surface area contributed by atoms with Crippen LogP contribution in [0.1, 0.15) is 24.6 Å². The van der Waals surface area contributed by atoms with Crippen LogP contribution in [-0.2, 0) is 26.3 Å². The molecule has 2 aliphatic heterocycles. The maximum Gasteiger partial charge on any atom is 0.312 e. The van der Waals surface area contributed by atoms with Crippen LogP contribution in [0.25, 0.3) is 10.9 Å². The fourth-order valence-corrected chi connectivity index (χ4v) is 3.59. The second-order valence-electron chi connectivity index (χ2n) is 5.74. The van der Waals surface area contributed by atoms with Crippen LogP contribution >= 0.6 is 0 Å². The Labute approximate surface area is 117 Å². The Hall–Kier alpha value is -1.81. The van der Waals surface area contributed by atoms with Crippen molar-refractivity contribution >= 4 is 16.9 Å². The van der Waals surface area contributed by atoms with E-state index in [2.05, 4.69) is 17.1 Å². The average Bonchev–Trinajstić information content (AvgIpc) is 3.04. The highest BCUT2D eigenvalue weighted by atomic mass is 16.5. The van der Waals surface area contributed by atoms with E-state index < -0.39 is 5.60 Å². The Morgan fingerprint density at radius 2 is 2.15 bits per heavy atom. The van der Waals surface area contributed by atoms with Gasteiger partial charge < -0.3 is 14.5 Å². The van der Waals surface area contributed by atoms with Gasteiger partial charge in [-0.25, -0.2) is 0 Å². The summed E-state index contributed by atoms with van der Waals surface area (Å²) in [6, 6.07) is 8.27. The number of esters is 1. The monoisotopic (exact) mass is 271 g/mol. The maximum atomic E-state index is 12.0. The number of aromatic amines is 1. The fourth-order valence-electron chi connectivity index (χ4n) is 3.59. The van der Waals surface area contributed by atoms with E-state index in [9.17, 15) is 4.79 Å². The molecular weight excluding hydrogens is 254 g/mol. The number of hydrogen-bond donors (Lipinski definition) is 1. The highest BCUT2D eigenvalue weighted by Crippen LogP contribution is 2.44. The minimum atomic E-state index is -0.597. The number of hydrogen-bond acceptors (Lipinski definition) is 3. The van der Waals surface area contributed by atoms with Gasteiger partial charge in [0.25, 0.3) is 0 Å². The van der Waals surface area contributed by atoms with E-state index in [1.165, 1.54) is 10.9 Å². The molecule has 0 unspecified atom stereocenters. The Balaban J connectivity index is 1.91. The van der Waals surface area contributed by atoms with Crippen molar-refractivity contribution in [2.45, 2.75) is 25.4 Å². The zero-order chi connectivity index (χ0) is 13.7. The summed E-state index contributed by atoms with van der Waals surface area (Å²) in [6.45, 7) is 3.16. The van der Waals surface area contributed by atoms with E-state index in [-0.39, 0.29) is 11.9 Å². The third-order valence-corrected chi connectivity index (χ3v) is 4.66. The Morgan fingerprint density at radius 3 is 2.95 bits per heavy atom. The molecule has 0 bridgehead atoms. The van der Waals surface area contributed by atoms with Crippen LogP contribution in [0.5, 0.6) is 0 Å². The van der Waals surface area contributed by atoms with Crippen LogP contribution in [-0.4, -0.2) is 24.2 Å². The maximum absolute atomic E-state index is 12.0. The van der Waals surface area contributed by atoms with Gasteiger partial charge in [0.05, 0.1) is 24.8 Å². The predicted molar refractivity (Wildman–Crippen MR) is 74.4 cm³/mol. The summed E-state index contributed by atoms with van der Waals surface area (Å²) in [5.74, 6) is -0.353. The highest BCUT2D eigenvalue weighted by molar-refractivity contribution is 5.86. The number of ether oxygens (including phenoxy) is 2. The fraction of sp³-hybridized carbons (Fsp3) is 0.438. The van der Waals surface area contributed by atoms with Gasteiger partial charge in [-0.05, 0) is 31.4 Å². The Bertz CT molecular complexity index is 690. The van der Waals surface area contributed by atoms with Crippen molar-refractivity contribution in [3.8, 4) is 0 Å². The van der Waals surface area contributed by atoms with E-state index in [0.29, 0.717) is 13.2 Å². The summed E-state index contributed by atoms with van der Waals surface area (Å²) < 4.78 is 11.2. The third-order valence-electron chi connectivity index (χ3n) is 4.66.